The highest BCUT2D eigenvalue weighted by molar-refractivity contribution is 5.73. The molecule has 1 aliphatic heterocycles. The lowest BCUT2D eigenvalue weighted by Gasteiger charge is -2.43. The molecule has 43 heavy (non-hydrogen) atoms. The van der Waals surface area contributed by atoms with Crippen molar-refractivity contribution in [2.24, 2.45) is 35.3 Å². The Bertz CT molecular complexity index is 1190. The molecular weight excluding hydrogens is 554 g/mol. The molecule has 0 spiro atoms. The SMILES string of the molecule is CC[C@H](C)C(=O)O[C@H]1C[C@@H](C)C=C2C=C[C@H](C)[C@H](CC[C@@H]3C[C@@H](O)CC(=O)O3)[C@H]21.N[C@@H](Cc1ccc(O)c(O)c1)C(=O)O. The van der Waals surface area contributed by atoms with Crippen molar-refractivity contribution < 1.29 is 44.3 Å². The number of cyclic esters (lactones) is 1. The lowest BCUT2D eigenvalue weighted by atomic mass is 9.65. The highest BCUT2D eigenvalue weighted by Gasteiger charge is 2.42. The second-order valence-corrected chi connectivity index (χ2v) is 12.3. The van der Waals surface area contributed by atoms with Crippen LogP contribution in [0.2, 0.25) is 0 Å². The molecule has 6 N–H and O–H groups in total. The van der Waals surface area contributed by atoms with Gasteiger partial charge in [0.1, 0.15) is 18.2 Å². The fraction of sp³-hybridized carbons (Fsp3) is 0.606. The largest absolute Gasteiger partial charge is 0.504 e. The van der Waals surface area contributed by atoms with Crippen molar-refractivity contribution in [1.82, 2.24) is 0 Å². The standard InChI is InChI=1S/C24H36O5.C9H11NO4/c1-5-15(3)24(27)29-21-11-14(2)10-17-7-6-16(4)20(23(17)21)9-8-19-12-18(25)13-22(26)28-19;10-6(9(13)14)3-5-1-2-7(11)8(12)4-5/h6-7,10,14-16,18-21,23,25H,5,8-9,11-13H2,1-4H3;1-2,4,6,11-12H,3,10H2,(H,13,14)/t14-,15-,16-,18+,19+,20-,21-,23-;6-/m00/s1. The monoisotopic (exact) mass is 601 g/mol. The van der Waals surface area contributed by atoms with Crippen LogP contribution in [-0.2, 0) is 30.3 Å². The van der Waals surface area contributed by atoms with Crippen molar-refractivity contribution in [3.8, 4) is 11.5 Å². The Labute approximate surface area is 253 Å². The van der Waals surface area contributed by atoms with E-state index in [1.807, 2.05) is 13.8 Å². The normalized spacial score (nSPS) is 29.6. The highest BCUT2D eigenvalue weighted by Crippen LogP contribution is 2.45. The van der Waals surface area contributed by atoms with Gasteiger partial charge >= 0.3 is 17.9 Å². The van der Waals surface area contributed by atoms with E-state index in [2.05, 4.69) is 32.1 Å². The minimum atomic E-state index is -1.10. The number of esters is 2. The number of benzene rings is 1. The first-order valence-electron chi connectivity index (χ1n) is 15.3. The molecule has 0 amide bonds. The number of rotatable bonds is 9. The van der Waals surface area contributed by atoms with Gasteiger partial charge in [0, 0.05) is 12.3 Å². The van der Waals surface area contributed by atoms with E-state index in [9.17, 15) is 19.5 Å². The summed E-state index contributed by atoms with van der Waals surface area (Å²) >= 11 is 0. The number of hydrogen-bond donors (Lipinski definition) is 5. The molecule has 2 aliphatic carbocycles. The second kappa shape index (κ2) is 15.4. The average Bonchev–Trinajstić information content (AvgIpc) is 2.93. The van der Waals surface area contributed by atoms with E-state index < -0.39 is 18.1 Å². The minimum Gasteiger partial charge on any atom is -0.504 e. The maximum absolute atomic E-state index is 12.5. The molecule has 0 bridgehead atoms. The van der Waals surface area contributed by atoms with Crippen molar-refractivity contribution >= 4 is 17.9 Å². The number of hydrogen-bond acceptors (Lipinski definition) is 9. The number of carboxylic acid groups (broad SMARTS) is 1. The molecule has 10 heteroatoms. The number of nitrogens with two attached hydrogens (primary N) is 1. The number of carbonyl (C=O) groups is 3. The molecule has 4 rings (SSSR count). The zero-order valence-electron chi connectivity index (χ0n) is 25.5. The van der Waals surface area contributed by atoms with E-state index in [0.29, 0.717) is 29.7 Å². The van der Waals surface area contributed by atoms with Gasteiger partial charge in [-0.2, -0.15) is 0 Å². The van der Waals surface area contributed by atoms with Crippen molar-refractivity contribution in [2.75, 3.05) is 0 Å². The molecule has 9 atom stereocenters. The van der Waals surface area contributed by atoms with Crippen LogP contribution in [0.5, 0.6) is 11.5 Å². The summed E-state index contributed by atoms with van der Waals surface area (Å²) in [5.41, 5.74) is 7.13. The summed E-state index contributed by atoms with van der Waals surface area (Å²) in [5.74, 6) is -0.861. The topological polar surface area (TPSA) is 177 Å². The Morgan fingerprint density at radius 3 is 2.49 bits per heavy atom. The number of phenols is 2. The van der Waals surface area contributed by atoms with E-state index in [4.69, 9.17) is 30.5 Å². The molecule has 1 aromatic carbocycles. The van der Waals surface area contributed by atoms with Gasteiger partial charge in [0.25, 0.3) is 0 Å². The fourth-order valence-electron chi connectivity index (χ4n) is 6.11. The zero-order chi connectivity index (χ0) is 31.8. The third kappa shape index (κ3) is 9.56. The van der Waals surface area contributed by atoms with Gasteiger partial charge in [0.15, 0.2) is 11.5 Å². The summed E-state index contributed by atoms with van der Waals surface area (Å²) < 4.78 is 11.5. The Morgan fingerprint density at radius 1 is 1.14 bits per heavy atom. The van der Waals surface area contributed by atoms with E-state index >= 15 is 0 Å². The smallest absolute Gasteiger partial charge is 0.320 e. The number of carboxylic acids is 1. The van der Waals surface area contributed by atoms with E-state index in [-0.39, 0.29) is 60.3 Å². The number of allylic oxidation sites excluding steroid dienone is 3. The van der Waals surface area contributed by atoms with Crippen LogP contribution in [-0.4, -0.2) is 62.7 Å². The fourth-order valence-corrected chi connectivity index (χ4v) is 6.11. The molecule has 1 aromatic rings. The molecule has 1 heterocycles. The summed E-state index contributed by atoms with van der Waals surface area (Å²) in [6.07, 6.45) is 9.82. The van der Waals surface area contributed by atoms with Gasteiger partial charge in [0.2, 0.25) is 0 Å². The summed E-state index contributed by atoms with van der Waals surface area (Å²) in [6.45, 7) is 8.33. The number of aromatic hydroxyl groups is 2. The molecule has 0 aromatic heterocycles. The number of fused-ring (bicyclic) bond motifs is 1. The zero-order valence-corrected chi connectivity index (χ0v) is 25.5. The maximum atomic E-state index is 12.5. The number of carbonyl (C=O) groups excluding carboxylic acids is 2. The maximum Gasteiger partial charge on any atom is 0.320 e. The number of ether oxygens (including phenoxy) is 2. The summed E-state index contributed by atoms with van der Waals surface area (Å²) in [7, 11) is 0. The van der Waals surface area contributed by atoms with Crippen molar-refractivity contribution in [1.29, 1.82) is 0 Å². The summed E-state index contributed by atoms with van der Waals surface area (Å²) in [4.78, 5) is 34.6. The minimum absolute atomic E-state index is 0.0854. The van der Waals surface area contributed by atoms with Crippen LogP contribution in [0.15, 0.2) is 42.0 Å². The molecule has 238 valence electrons. The van der Waals surface area contributed by atoms with Crippen LogP contribution in [0.3, 0.4) is 0 Å². The Morgan fingerprint density at radius 2 is 1.86 bits per heavy atom. The van der Waals surface area contributed by atoms with Crippen LogP contribution >= 0.6 is 0 Å². The van der Waals surface area contributed by atoms with Crippen LogP contribution in [0.1, 0.15) is 71.8 Å². The van der Waals surface area contributed by atoms with Crippen LogP contribution in [0, 0.1) is 29.6 Å². The molecular formula is C33H47NO9. The van der Waals surface area contributed by atoms with Crippen molar-refractivity contribution in [3.05, 3.63) is 47.6 Å². The average molecular weight is 602 g/mol. The number of aliphatic hydroxyl groups is 1. The molecule has 0 saturated carbocycles. The first kappa shape index (κ1) is 34.1. The molecule has 0 radical (unpaired) electrons. The van der Waals surface area contributed by atoms with E-state index in [1.165, 1.54) is 23.8 Å². The lowest BCUT2D eigenvalue weighted by Crippen LogP contribution is -2.42. The summed E-state index contributed by atoms with van der Waals surface area (Å²) in [6, 6.07) is 3.09. The summed E-state index contributed by atoms with van der Waals surface area (Å²) in [5, 5.41) is 36.5. The van der Waals surface area contributed by atoms with Gasteiger partial charge in [-0.1, -0.05) is 52.0 Å². The molecule has 10 nitrogen and oxygen atoms in total. The van der Waals surface area contributed by atoms with Crippen molar-refractivity contribution in [3.63, 3.8) is 0 Å². The van der Waals surface area contributed by atoms with Crippen LogP contribution < -0.4 is 5.73 Å². The highest BCUT2D eigenvalue weighted by atomic mass is 16.6. The first-order valence-corrected chi connectivity index (χ1v) is 15.3. The predicted molar refractivity (Wildman–Crippen MR) is 160 cm³/mol. The lowest BCUT2D eigenvalue weighted by molar-refractivity contribution is -0.162. The van der Waals surface area contributed by atoms with Gasteiger partial charge in [-0.15, -0.1) is 0 Å². The number of aliphatic carboxylic acids is 1. The van der Waals surface area contributed by atoms with Gasteiger partial charge in [-0.3, -0.25) is 14.4 Å². The second-order valence-electron chi connectivity index (χ2n) is 12.3. The van der Waals surface area contributed by atoms with Gasteiger partial charge in [0.05, 0.1) is 18.4 Å². The molecule has 0 unspecified atom stereocenters. The van der Waals surface area contributed by atoms with Gasteiger partial charge in [-0.05, 0) is 73.1 Å². The Hall–Kier alpha value is -3.37. The quantitative estimate of drug-likeness (QED) is 0.203. The van der Waals surface area contributed by atoms with E-state index in [1.54, 1.807) is 0 Å². The number of aliphatic hydroxyl groups excluding tert-OH is 1. The van der Waals surface area contributed by atoms with E-state index in [0.717, 1.165) is 25.7 Å². The Kier molecular flexibility index (Phi) is 12.2. The van der Waals surface area contributed by atoms with Crippen molar-refractivity contribution in [2.45, 2.75) is 97.0 Å². The molecule has 3 aliphatic rings. The molecule has 1 saturated heterocycles. The van der Waals surface area contributed by atoms with Crippen LogP contribution in [0.25, 0.3) is 0 Å². The van der Waals surface area contributed by atoms with Gasteiger partial charge in [-0.25, -0.2) is 0 Å². The third-order valence-corrected chi connectivity index (χ3v) is 8.75. The first-order chi connectivity index (χ1) is 20.3. The van der Waals surface area contributed by atoms with Crippen LogP contribution in [0.4, 0.5) is 0 Å². The predicted octanol–water partition coefficient (Wildman–Crippen LogP) is 4.25. The number of phenolic OH excluding ortho intramolecular Hbond substituents is 2. The third-order valence-electron chi connectivity index (χ3n) is 8.75. The molecule has 1 fully saturated rings. The van der Waals surface area contributed by atoms with Gasteiger partial charge < -0.3 is 35.6 Å². The Balaban J connectivity index is 0.000000303.